The Morgan fingerprint density at radius 2 is 1.50 bits per heavy atom. The van der Waals surface area contributed by atoms with E-state index in [1.54, 1.807) is 60.5 Å². The monoisotopic (exact) mass is 1020 g/mol. The first-order chi connectivity index (χ1) is 35.9. The van der Waals surface area contributed by atoms with E-state index in [1.165, 1.54) is 75.3 Å². The van der Waals surface area contributed by atoms with Crippen LogP contribution in [0, 0.1) is 38.0 Å². The number of nitro benzene ring substituents is 2. The Labute approximate surface area is 435 Å². The molecule has 3 aliphatic rings. The van der Waals surface area contributed by atoms with Crippen molar-refractivity contribution in [3.63, 3.8) is 0 Å². The minimum absolute atomic E-state index is 0.0105. The minimum atomic E-state index is -1.55. The van der Waals surface area contributed by atoms with Crippen LogP contribution in [0.2, 0.25) is 0 Å². The Kier molecular flexibility index (Phi) is 22.2. The smallest absolute Gasteiger partial charge is 0.412 e. The number of carbonyl (C=O) groups excluding carboxylic acids is 2. The fourth-order valence-electron chi connectivity index (χ4n) is 10.8. The number of rotatable bonds is 31. The maximum absolute atomic E-state index is 14.5. The first-order valence-corrected chi connectivity index (χ1v) is 26.5. The molecule has 1 heterocycles. The third-order valence-electron chi connectivity index (χ3n) is 14.5. The van der Waals surface area contributed by atoms with E-state index in [1.807, 2.05) is 6.07 Å². The molecule has 1 aliphatic heterocycles. The van der Waals surface area contributed by atoms with Gasteiger partial charge in [-0.15, -0.1) is 6.58 Å². The molecule has 17 nitrogen and oxygen atoms in total. The van der Waals surface area contributed by atoms with Gasteiger partial charge in [-0.3, -0.25) is 25.0 Å². The van der Waals surface area contributed by atoms with Gasteiger partial charge in [0.05, 0.1) is 28.1 Å². The average Bonchev–Trinajstić information content (AvgIpc) is 3.40. The van der Waals surface area contributed by atoms with Crippen LogP contribution >= 0.6 is 0 Å². The van der Waals surface area contributed by atoms with Gasteiger partial charge >= 0.3 is 6.09 Å². The number of nitrogens with zero attached hydrogens (tertiary/aromatic N) is 4. The summed E-state index contributed by atoms with van der Waals surface area (Å²) in [7, 11) is 1.66. The Morgan fingerprint density at radius 3 is 2.14 bits per heavy atom. The molecule has 6 rings (SSSR count). The van der Waals surface area contributed by atoms with Crippen LogP contribution in [-0.2, 0) is 21.0 Å². The summed E-state index contributed by atoms with van der Waals surface area (Å²) in [6.45, 7) is 6.78. The molecule has 0 saturated heterocycles. The van der Waals surface area contributed by atoms with Gasteiger partial charge in [-0.1, -0.05) is 94.9 Å². The number of non-ortho nitro benzene ring substituents is 2. The first-order valence-electron chi connectivity index (χ1n) is 26.5. The Hall–Kier alpha value is -6.43. The van der Waals surface area contributed by atoms with Gasteiger partial charge < -0.3 is 39.5 Å². The van der Waals surface area contributed by atoms with Gasteiger partial charge in [-0.2, -0.15) is 0 Å². The zero-order chi connectivity index (χ0) is 52.9. The maximum Gasteiger partial charge on any atom is 0.412 e. The molecule has 2 aliphatic carbocycles. The second-order valence-corrected chi connectivity index (χ2v) is 19.6. The number of aliphatic hydroxyl groups is 2. The summed E-state index contributed by atoms with van der Waals surface area (Å²) < 4.78 is 20.2. The number of benzene rings is 3. The maximum atomic E-state index is 14.5. The molecule has 3 aromatic carbocycles. The first kappa shape index (κ1) is 56.9. The Balaban J connectivity index is 1.39. The van der Waals surface area contributed by atoms with Crippen molar-refractivity contribution in [3.8, 4) is 11.5 Å². The largest absolute Gasteiger partial charge is 0.459 e. The van der Waals surface area contributed by atoms with Crippen molar-refractivity contribution < 1.29 is 48.7 Å². The summed E-state index contributed by atoms with van der Waals surface area (Å²) in [5, 5.41) is 50.4. The molecule has 6 unspecified atom stereocenters. The van der Waals surface area contributed by atoms with E-state index in [4.69, 9.17) is 24.2 Å². The van der Waals surface area contributed by atoms with E-state index in [9.17, 15) is 40.0 Å². The number of aliphatic hydroxyl groups excluding tert-OH is 2. The zero-order valence-corrected chi connectivity index (χ0v) is 43.1. The number of nitrogens with one attached hydrogen (secondary N) is 1. The second-order valence-electron chi connectivity index (χ2n) is 19.6. The highest BCUT2D eigenvalue weighted by Crippen LogP contribution is 2.62. The summed E-state index contributed by atoms with van der Waals surface area (Å²) in [6.07, 6.45) is 22.2. The van der Waals surface area contributed by atoms with Crippen LogP contribution in [-0.4, -0.2) is 87.9 Å². The predicted octanol–water partition coefficient (Wildman–Crippen LogP) is 11.5. The molecule has 17 heteroatoms. The van der Waals surface area contributed by atoms with E-state index in [0.717, 1.165) is 43.2 Å². The highest BCUT2D eigenvalue weighted by Gasteiger charge is 2.65. The van der Waals surface area contributed by atoms with Crippen molar-refractivity contribution in [2.45, 2.75) is 140 Å². The lowest BCUT2D eigenvalue weighted by Gasteiger charge is -2.59. The molecule has 1 saturated carbocycles. The Morgan fingerprint density at radius 1 is 0.865 bits per heavy atom. The third kappa shape index (κ3) is 15.1. The topological polar surface area (TPSA) is 225 Å². The van der Waals surface area contributed by atoms with E-state index >= 15 is 0 Å². The molecule has 0 bridgehead atoms. The van der Waals surface area contributed by atoms with Crippen LogP contribution in [0.25, 0.3) is 6.08 Å². The Bertz CT molecular complexity index is 2420. The van der Waals surface area contributed by atoms with Crippen LogP contribution in [0.3, 0.4) is 0 Å². The summed E-state index contributed by atoms with van der Waals surface area (Å²) in [4.78, 5) is 57.3. The number of likely N-dealkylation sites (N-methyl/N-ethyl adjacent to an activating group) is 1. The molecule has 2 amide bonds. The number of hydrogen-bond donors (Lipinski definition) is 3. The van der Waals surface area contributed by atoms with Gasteiger partial charge in [-0.25, -0.2) is 4.79 Å². The third-order valence-corrected chi connectivity index (χ3v) is 14.5. The van der Waals surface area contributed by atoms with Crippen LogP contribution in [0.5, 0.6) is 11.5 Å². The van der Waals surface area contributed by atoms with Crippen LogP contribution in [0.15, 0.2) is 102 Å². The minimum Gasteiger partial charge on any atom is -0.459 e. The fourth-order valence-corrected chi connectivity index (χ4v) is 10.8. The summed E-state index contributed by atoms with van der Waals surface area (Å²) >= 11 is 0. The normalized spacial score (nSPS) is 21.2. The van der Waals surface area contributed by atoms with Gasteiger partial charge in [0.15, 0.2) is 0 Å². The van der Waals surface area contributed by atoms with Gasteiger partial charge in [0.2, 0.25) is 11.7 Å². The summed E-state index contributed by atoms with van der Waals surface area (Å²) in [5.74, 6) is -2.34. The molecule has 0 spiro atoms. The average molecular weight is 1020 g/mol. The molecule has 3 aromatic rings. The van der Waals surface area contributed by atoms with E-state index in [-0.39, 0.29) is 62.0 Å². The van der Waals surface area contributed by atoms with Crippen LogP contribution < -0.4 is 14.8 Å². The molecule has 1 fully saturated rings. The van der Waals surface area contributed by atoms with Crippen LogP contribution in [0.4, 0.5) is 16.2 Å². The number of unbranched alkanes of at least 4 members (excludes halogenated alkanes) is 11. The van der Waals surface area contributed by atoms with Crippen LogP contribution in [0.1, 0.15) is 139 Å². The van der Waals surface area contributed by atoms with Crippen molar-refractivity contribution in [3.05, 3.63) is 134 Å². The molecule has 3 N–H and O–H groups in total. The van der Waals surface area contributed by atoms with Crippen molar-refractivity contribution in [2.24, 2.45) is 22.9 Å². The number of hydrogen-bond acceptors (Lipinski definition) is 13. The second kappa shape index (κ2) is 28.9. The SMILES string of the molecule is C=CCOC12Oc3ccc(OC(=O)NCCCCCCCCCCCC)cc3C3C(CCCCO)C(CCCCO)C=C(C(=NOCc4ccc([N+](=O)[O-])cc4)CC1N(C)C(=O)C=Cc1ccc([N+](=O)[O-])cc1)C32. The van der Waals surface area contributed by atoms with Crippen molar-refractivity contribution in [2.75, 3.05) is 33.4 Å². The molecular weight excluding hydrogens is 947 g/mol. The van der Waals surface area contributed by atoms with E-state index in [0.29, 0.717) is 60.6 Å². The van der Waals surface area contributed by atoms with Crippen molar-refractivity contribution in [1.82, 2.24) is 10.2 Å². The number of carbonyl (C=O) groups is 2. The predicted molar refractivity (Wildman–Crippen MR) is 284 cm³/mol. The number of nitro groups is 2. The molecular formula is C57H75N5O12. The molecule has 0 aromatic heterocycles. The van der Waals surface area contributed by atoms with Gasteiger partial charge in [0, 0.05) is 75.0 Å². The molecule has 74 heavy (non-hydrogen) atoms. The highest BCUT2D eigenvalue weighted by atomic mass is 16.7. The zero-order valence-electron chi connectivity index (χ0n) is 43.1. The number of ether oxygens (including phenoxy) is 3. The molecule has 0 radical (unpaired) electrons. The fraction of sp³-hybridized carbons (Fsp3) is 0.526. The summed E-state index contributed by atoms with van der Waals surface area (Å²) in [5.41, 5.74) is 3.19. The standard InChI is InChI=1S/C57H75N5O12/c1-4-6-7-8-9-10-11-12-13-16-33-58-56(66)73-46-30-31-51-49(38-46)54-47(20-15-18-35-64)43(19-14-17-34-63)37-48-50(59-72-40-42-23-28-45(29-24-42)62(69)70)39-52(57(74-51,55(48)54)71-36-5-2)60(3)53(65)32-25-41-21-26-44(27-22-41)61(67)68/h5,21-32,37-38,43,47,52,54-55,63-64H,2,4,6-20,33-36,39-40H2,1,3H3,(H,58,66). The van der Waals surface area contributed by atoms with Gasteiger partial charge in [0.1, 0.15) is 24.1 Å². The van der Waals surface area contributed by atoms with E-state index < -0.39 is 39.6 Å². The lowest BCUT2D eigenvalue weighted by atomic mass is 9.55. The lowest BCUT2D eigenvalue weighted by molar-refractivity contribution is -0.385. The molecule has 400 valence electrons. The van der Waals surface area contributed by atoms with Crippen molar-refractivity contribution in [1.29, 1.82) is 0 Å². The number of oxime groups is 1. The highest BCUT2D eigenvalue weighted by molar-refractivity contribution is 6.03. The number of amides is 2. The van der Waals surface area contributed by atoms with Crippen molar-refractivity contribution >= 4 is 35.2 Å². The number of fused-ring (bicyclic) bond motifs is 2. The molecule has 6 atom stereocenters. The van der Waals surface area contributed by atoms with Gasteiger partial charge in [0.25, 0.3) is 11.4 Å². The quantitative estimate of drug-likeness (QED) is 0.0180. The summed E-state index contributed by atoms with van der Waals surface area (Å²) in [6, 6.07) is 16.3. The lowest BCUT2D eigenvalue weighted by Crippen LogP contribution is -2.69. The van der Waals surface area contributed by atoms with E-state index in [2.05, 4.69) is 24.9 Å². The van der Waals surface area contributed by atoms with Gasteiger partial charge in [-0.05, 0) is 109 Å². The number of allylic oxidation sites excluding steroid dienone is 1.